The van der Waals surface area contributed by atoms with Crippen LogP contribution in [-0.2, 0) is 14.3 Å². The van der Waals surface area contributed by atoms with Crippen LogP contribution in [0.5, 0.6) is 5.75 Å². The van der Waals surface area contributed by atoms with E-state index in [-0.39, 0.29) is 36.3 Å². The second-order valence-corrected chi connectivity index (χ2v) is 8.12. The molecule has 0 unspecified atom stereocenters. The average Bonchev–Trinajstić information content (AvgIpc) is 2.92. The monoisotopic (exact) mass is 422 g/mol. The summed E-state index contributed by atoms with van der Waals surface area (Å²) in [5.41, 5.74) is 3.11. The summed E-state index contributed by atoms with van der Waals surface area (Å²) in [5, 5.41) is 3.18. The van der Waals surface area contributed by atoms with Gasteiger partial charge in [-0.1, -0.05) is 24.3 Å². The van der Waals surface area contributed by atoms with E-state index in [0.717, 1.165) is 11.3 Å². The van der Waals surface area contributed by atoms with Gasteiger partial charge in [0.15, 0.2) is 0 Å². The molecule has 0 aliphatic carbocycles. The fourth-order valence-electron chi connectivity index (χ4n) is 3.38. The van der Waals surface area contributed by atoms with Crippen LogP contribution in [0.15, 0.2) is 54.2 Å². The van der Waals surface area contributed by atoms with Crippen molar-refractivity contribution in [2.45, 2.75) is 46.8 Å². The van der Waals surface area contributed by atoms with Crippen LogP contribution >= 0.6 is 0 Å². The van der Waals surface area contributed by atoms with E-state index in [1.807, 2.05) is 83.1 Å². The van der Waals surface area contributed by atoms with Gasteiger partial charge in [-0.2, -0.15) is 0 Å². The summed E-state index contributed by atoms with van der Waals surface area (Å²) in [6.07, 6.45) is 0.0772. The van der Waals surface area contributed by atoms with Crippen LogP contribution in [0.4, 0.5) is 5.69 Å². The minimum Gasteiger partial charge on any atom is -0.491 e. The van der Waals surface area contributed by atoms with E-state index in [1.54, 1.807) is 0 Å². The van der Waals surface area contributed by atoms with Crippen molar-refractivity contribution in [3.8, 4) is 5.75 Å². The van der Waals surface area contributed by atoms with E-state index >= 15 is 0 Å². The molecule has 0 saturated carbocycles. The number of ether oxygens (including phenoxy) is 2. The lowest BCUT2D eigenvalue weighted by molar-refractivity contribution is -0.137. The molecule has 1 heterocycles. The molecule has 2 amide bonds. The summed E-state index contributed by atoms with van der Waals surface area (Å²) in [5.74, 6) is 0.0351. The molecule has 0 atom stereocenters. The zero-order chi connectivity index (χ0) is 22.5. The summed E-state index contributed by atoms with van der Waals surface area (Å²) in [6, 6.07) is 14.9. The second-order valence-electron chi connectivity index (χ2n) is 8.12. The van der Waals surface area contributed by atoms with Crippen molar-refractivity contribution in [2.24, 2.45) is 0 Å². The summed E-state index contributed by atoms with van der Waals surface area (Å²) in [6.45, 7) is 10.2. The highest BCUT2D eigenvalue weighted by Crippen LogP contribution is 2.31. The molecular formula is C25H30N2O4. The molecule has 3 rings (SSSR count). The highest BCUT2D eigenvalue weighted by Gasteiger charge is 2.39. The molecule has 6 heteroatoms. The zero-order valence-electron chi connectivity index (χ0n) is 18.8. The topological polar surface area (TPSA) is 67.9 Å². The minimum absolute atomic E-state index is 0.0265. The van der Waals surface area contributed by atoms with Crippen molar-refractivity contribution < 1.29 is 19.1 Å². The SMILES string of the molecule is Cc1cccc(NC2=C(c3ccc(OC(C)C)cc3)C(=O)N(CCOC(C)C)C2=O)c1. The van der Waals surface area contributed by atoms with Crippen LogP contribution in [0, 0.1) is 6.92 Å². The number of anilines is 1. The Morgan fingerprint density at radius 1 is 0.935 bits per heavy atom. The largest absolute Gasteiger partial charge is 0.491 e. The van der Waals surface area contributed by atoms with E-state index in [1.165, 1.54) is 4.90 Å². The van der Waals surface area contributed by atoms with Crippen molar-refractivity contribution >= 4 is 23.1 Å². The molecule has 1 N–H and O–H groups in total. The van der Waals surface area contributed by atoms with E-state index < -0.39 is 0 Å². The fraction of sp³-hybridized carbons (Fsp3) is 0.360. The Morgan fingerprint density at radius 3 is 2.26 bits per heavy atom. The van der Waals surface area contributed by atoms with Gasteiger partial charge in [0.05, 0.1) is 30.9 Å². The number of carbonyl (C=O) groups is 2. The number of benzene rings is 2. The number of aryl methyl sites for hydroxylation is 1. The lowest BCUT2D eigenvalue weighted by Crippen LogP contribution is -2.35. The van der Waals surface area contributed by atoms with Crippen molar-refractivity contribution in [3.05, 3.63) is 65.4 Å². The van der Waals surface area contributed by atoms with Gasteiger partial charge in [0, 0.05) is 5.69 Å². The molecule has 0 saturated heterocycles. The summed E-state index contributed by atoms with van der Waals surface area (Å²) in [7, 11) is 0. The van der Waals surface area contributed by atoms with Gasteiger partial charge in [-0.3, -0.25) is 14.5 Å². The van der Waals surface area contributed by atoms with Crippen molar-refractivity contribution in [1.29, 1.82) is 0 Å². The smallest absolute Gasteiger partial charge is 0.278 e. The Balaban J connectivity index is 1.94. The normalized spacial score (nSPS) is 14.2. The number of hydrogen-bond donors (Lipinski definition) is 1. The molecule has 2 aromatic carbocycles. The zero-order valence-corrected chi connectivity index (χ0v) is 18.8. The number of nitrogens with one attached hydrogen (secondary N) is 1. The Labute approximate surface area is 183 Å². The van der Waals surface area contributed by atoms with Gasteiger partial charge in [0.1, 0.15) is 11.4 Å². The molecule has 0 bridgehead atoms. The molecule has 0 fully saturated rings. The lowest BCUT2D eigenvalue weighted by Gasteiger charge is -2.16. The number of amides is 2. The number of hydrogen-bond acceptors (Lipinski definition) is 5. The van der Waals surface area contributed by atoms with Crippen LogP contribution in [0.3, 0.4) is 0 Å². The number of carbonyl (C=O) groups excluding carboxylic acids is 2. The Hall–Kier alpha value is -3.12. The Kier molecular flexibility index (Phi) is 7.13. The number of imide groups is 1. The maximum absolute atomic E-state index is 13.2. The van der Waals surface area contributed by atoms with E-state index in [2.05, 4.69) is 5.32 Å². The standard InChI is InChI=1S/C25H30N2O4/c1-16(2)30-14-13-27-24(28)22(19-9-11-21(12-10-19)31-17(3)4)23(25(27)29)26-20-8-6-7-18(5)15-20/h6-12,15-17,26H,13-14H2,1-5H3. The lowest BCUT2D eigenvalue weighted by atomic mass is 10.0. The molecule has 0 aromatic heterocycles. The maximum atomic E-state index is 13.2. The molecule has 2 aromatic rings. The van der Waals surface area contributed by atoms with Gasteiger partial charge < -0.3 is 14.8 Å². The highest BCUT2D eigenvalue weighted by molar-refractivity contribution is 6.36. The van der Waals surface area contributed by atoms with Gasteiger partial charge in [-0.15, -0.1) is 0 Å². The summed E-state index contributed by atoms with van der Waals surface area (Å²) in [4.78, 5) is 27.7. The molecule has 0 spiro atoms. The van der Waals surface area contributed by atoms with Crippen molar-refractivity contribution in [3.63, 3.8) is 0 Å². The summed E-state index contributed by atoms with van der Waals surface area (Å²) >= 11 is 0. The van der Waals surface area contributed by atoms with Crippen LogP contribution in [0.25, 0.3) is 5.57 Å². The third kappa shape index (κ3) is 5.52. The van der Waals surface area contributed by atoms with E-state index in [0.29, 0.717) is 23.5 Å². The van der Waals surface area contributed by atoms with E-state index in [4.69, 9.17) is 9.47 Å². The number of nitrogens with zero attached hydrogens (tertiary/aromatic N) is 1. The van der Waals surface area contributed by atoms with Gasteiger partial charge in [-0.25, -0.2) is 0 Å². The Morgan fingerprint density at radius 2 is 1.65 bits per heavy atom. The summed E-state index contributed by atoms with van der Waals surface area (Å²) < 4.78 is 11.3. The van der Waals surface area contributed by atoms with Gasteiger partial charge in [0.25, 0.3) is 11.8 Å². The molecular weight excluding hydrogens is 392 g/mol. The first-order valence-corrected chi connectivity index (χ1v) is 10.6. The third-order valence-electron chi connectivity index (χ3n) is 4.74. The quantitative estimate of drug-likeness (QED) is 0.607. The second kappa shape index (κ2) is 9.79. The average molecular weight is 423 g/mol. The highest BCUT2D eigenvalue weighted by atomic mass is 16.5. The van der Waals surface area contributed by atoms with Crippen LogP contribution < -0.4 is 10.1 Å². The van der Waals surface area contributed by atoms with Crippen LogP contribution in [0.1, 0.15) is 38.8 Å². The molecule has 1 aliphatic heterocycles. The van der Waals surface area contributed by atoms with Crippen LogP contribution in [-0.4, -0.2) is 42.1 Å². The molecule has 31 heavy (non-hydrogen) atoms. The molecule has 6 nitrogen and oxygen atoms in total. The van der Waals surface area contributed by atoms with Gasteiger partial charge in [0.2, 0.25) is 0 Å². The predicted molar refractivity (Wildman–Crippen MR) is 122 cm³/mol. The molecule has 164 valence electrons. The van der Waals surface area contributed by atoms with Crippen molar-refractivity contribution in [1.82, 2.24) is 4.90 Å². The minimum atomic E-state index is -0.351. The van der Waals surface area contributed by atoms with Gasteiger partial charge >= 0.3 is 0 Å². The van der Waals surface area contributed by atoms with Crippen LogP contribution in [0.2, 0.25) is 0 Å². The third-order valence-corrected chi connectivity index (χ3v) is 4.74. The van der Waals surface area contributed by atoms with E-state index in [9.17, 15) is 9.59 Å². The first-order chi connectivity index (χ1) is 14.8. The first kappa shape index (κ1) is 22.6. The predicted octanol–water partition coefficient (Wildman–Crippen LogP) is 4.40. The number of rotatable bonds is 9. The van der Waals surface area contributed by atoms with Crippen molar-refractivity contribution in [2.75, 3.05) is 18.5 Å². The maximum Gasteiger partial charge on any atom is 0.278 e. The first-order valence-electron chi connectivity index (χ1n) is 10.6. The molecule has 0 radical (unpaired) electrons. The fourth-order valence-corrected chi connectivity index (χ4v) is 3.38. The molecule has 1 aliphatic rings. The van der Waals surface area contributed by atoms with Gasteiger partial charge in [-0.05, 0) is 70.0 Å². The Bertz CT molecular complexity index is 977.